The van der Waals surface area contributed by atoms with Crippen molar-refractivity contribution in [3.05, 3.63) is 29.3 Å². The molecular formula is C15H23NO3. The molecule has 0 saturated heterocycles. The molecule has 0 atom stereocenters. The van der Waals surface area contributed by atoms with Crippen LogP contribution >= 0.6 is 0 Å². The molecule has 0 aliphatic rings. The molecule has 0 saturated carbocycles. The van der Waals surface area contributed by atoms with Gasteiger partial charge in [-0.3, -0.25) is 4.79 Å². The molecule has 0 radical (unpaired) electrons. The monoisotopic (exact) mass is 265 g/mol. The Bertz CT molecular complexity index is 436. The van der Waals surface area contributed by atoms with Gasteiger partial charge in [0, 0.05) is 18.7 Å². The van der Waals surface area contributed by atoms with Gasteiger partial charge < -0.3 is 15.2 Å². The van der Waals surface area contributed by atoms with Gasteiger partial charge in [0.15, 0.2) is 0 Å². The van der Waals surface area contributed by atoms with Crippen molar-refractivity contribution in [2.45, 2.75) is 39.2 Å². The quantitative estimate of drug-likeness (QED) is 0.776. The zero-order chi connectivity index (χ0) is 14.5. The highest BCUT2D eigenvalue weighted by molar-refractivity contribution is 5.66. The Morgan fingerprint density at radius 3 is 2.58 bits per heavy atom. The summed E-state index contributed by atoms with van der Waals surface area (Å²) in [6.45, 7) is 7.56. The van der Waals surface area contributed by atoms with Crippen LogP contribution in [0.3, 0.4) is 0 Å². The molecule has 0 amide bonds. The zero-order valence-corrected chi connectivity index (χ0v) is 12.1. The van der Waals surface area contributed by atoms with E-state index in [0.29, 0.717) is 13.1 Å². The van der Waals surface area contributed by atoms with E-state index in [1.165, 1.54) is 5.56 Å². The average molecular weight is 265 g/mol. The fourth-order valence-electron chi connectivity index (χ4n) is 1.80. The lowest BCUT2D eigenvalue weighted by Crippen LogP contribution is -2.19. The van der Waals surface area contributed by atoms with Crippen molar-refractivity contribution in [2.75, 3.05) is 13.7 Å². The maximum absolute atomic E-state index is 10.5. The number of hydrogen-bond donors (Lipinski definition) is 2. The van der Waals surface area contributed by atoms with Crippen LogP contribution in [0.4, 0.5) is 0 Å². The van der Waals surface area contributed by atoms with Crippen LogP contribution in [0.15, 0.2) is 18.2 Å². The molecule has 1 aromatic carbocycles. The van der Waals surface area contributed by atoms with Crippen molar-refractivity contribution >= 4 is 5.97 Å². The van der Waals surface area contributed by atoms with Gasteiger partial charge in [-0.1, -0.05) is 32.9 Å². The Hall–Kier alpha value is -1.55. The van der Waals surface area contributed by atoms with Crippen molar-refractivity contribution in [3.8, 4) is 5.75 Å². The number of carboxylic acids is 1. The summed E-state index contributed by atoms with van der Waals surface area (Å²) >= 11 is 0. The van der Waals surface area contributed by atoms with Crippen molar-refractivity contribution < 1.29 is 14.6 Å². The third-order valence-corrected chi connectivity index (χ3v) is 2.98. The van der Waals surface area contributed by atoms with Crippen molar-refractivity contribution in [3.63, 3.8) is 0 Å². The maximum Gasteiger partial charge on any atom is 0.304 e. The van der Waals surface area contributed by atoms with Gasteiger partial charge >= 0.3 is 5.97 Å². The van der Waals surface area contributed by atoms with Crippen LogP contribution in [0.25, 0.3) is 0 Å². The molecule has 0 aliphatic carbocycles. The molecule has 19 heavy (non-hydrogen) atoms. The number of ether oxygens (including phenoxy) is 1. The van der Waals surface area contributed by atoms with E-state index in [1.807, 2.05) is 6.07 Å². The number of benzene rings is 1. The summed E-state index contributed by atoms with van der Waals surface area (Å²) in [6, 6.07) is 6.15. The van der Waals surface area contributed by atoms with Gasteiger partial charge in [-0.2, -0.15) is 0 Å². The van der Waals surface area contributed by atoms with Crippen LogP contribution in [0.1, 0.15) is 38.3 Å². The van der Waals surface area contributed by atoms with Crippen molar-refractivity contribution in [1.29, 1.82) is 0 Å². The Morgan fingerprint density at radius 2 is 2.05 bits per heavy atom. The molecule has 4 heteroatoms. The fourth-order valence-corrected chi connectivity index (χ4v) is 1.80. The van der Waals surface area contributed by atoms with E-state index in [2.05, 4.69) is 38.2 Å². The minimum absolute atomic E-state index is 0.0854. The first-order valence-electron chi connectivity index (χ1n) is 6.44. The van der Waals surface area contributed by atoms with Gasteiger partial charge in [0.25, 0.3) is 0 Å². The van der Waals surface area contributed by atoms with Crippen molar-refractivity contribution in [1.82, 2.24) is 5.32 Å². The first kappa shape index (κ1) is 15.5. The molecule has 0 unspecified atom stereocenters. The number of carboxylic acid groups (broad SMARTS) is 1. The summed E-state index contributed by atoms with van der Waals surface area (Å²) in [5, 5.41) is 11.7. The average Bonchev–Trinajstić information content (AvgIpc) is 2.33. The molecule has 0 aliphatic heterocycles. The van der Waals surface area contributed by atoms with Crippen LogP contribution in [-0.4, -0.2) is 24.7 Å². The maximum atomic E-state index is 10.5. The van der Waals surface area contributed by atoms with Crippen LogP contribution < -0.4 is 10.1 Å². The predicted octanol–water partition coefficient (Wildman–Crippen LogP) is 2.56. The molecule has 1 rings (SSSR count). The van der Waals surface area contributed by atoms with Gasteiger partial charge in [-0.25, -0.2) is 0 Å². The highest BCUT2D eigenvalue weighted by atomic mass is 16.5. The summed E-state index contributed by atoms with van der Waals surface area (Å²) in [4.78, 5) is 10.5. The Balaban J connectivity index is 2.76. The lowest BCUT2D eigenvalue weighted by Gasteiger charge is -2.21. The van der Waals surface area contributed by atoms with Gasteiger partial charge in [-0.05, 0) is 17.0 Å². The molecule has 1 aromatic rings. The van der Waals surface area contributed by atoms with E-state index in [0.717, 1.165) is 11.3 Å². The number of nitrogens with one attached hydrogen (secondary N) is 1. The van der Waals surface area contributed by atoms with Crippen molar-refractivity contribution in [2.24, 2.45) is 0 Å². The lowest BCUT2D eigenvalue weighted by molar-refractivity contribution is -0.136. The van der Waals surface area contributed by atoms with E-state index < -0.39 is 5.97 Å². The summed E-state index contributed by atoms with van der Waals surface area (Å²) in [7, 11) is 1.65. The van der Waals surface area contributed by atoms with E-state index in [9.17, 15) is 4.79 Å². The Labute approximate surface area is 114 Å². The summed E-state index contributed by atoms with van der Waals surface area (Å²) < 4.78 is 5.33. The van der Waals surface area contributed by atoms with Gasteiger partial charge in [0.05, 0.1) is 13.5 Å². The van der Waals surface area contributed by atoms with Gasteiger partial charge in [-0.15, -0.1) is 0 Å². The molecule has 2 N–H and O–H groups in total. The molecule has 0 spiro atoms. The first-order chi connectivity index (χ1) is 8.84. The number of hydrogen-bond acceptors (Lipinski definition) is 3. The lowest BCUT2D eigenvalue weighted by atomic mass is 9.86. The van der Waals surface area contributed by atoms with Crippen LogP contribution in [0, 0.1) is 0 Å². The van der Waals surface area contributed by atoms with Gasteiger partial charge in [0.1, 0.15) is 5.75 Å². The first-order valence-corrected chi connectivity index (χ1v) is 6.44. The predicted molar refractivity (Wildman–Crippen MR) is 75.7 cm³/mol. The largest absolute Gasteiger partial charge is 0.496 e. The summed E-state index contributed by atoms with van der Waals surface area (Å²) in [6.07, 6.45) is 0.126. The summed E-state index contributed by atoms with van der Waals surface area (Å²) in [5.41, 5.74) is 2.38. The second-order valence-corrected chi connectivity index (χ2v) is 5.60. The minimum Gasteiger partial charge on any atom is -0.496 e. The third kappa shape index (κ3) is 4.91. The van der Waals surface area contributed by atoms with E-state index in [-0.39, 0.29) is 11.8 Å². The van der Waals surface area contributed by atoms with E-state index >= 15 is 0 Å². The van der Waals surface area contributed by atoms with Crippen LogP contribution in [0.5, 0.6) is 5.75 Å². The zero-order valence-electron chi connectivity index (χ0n) is 12.1. The number of carbonyl (C=O) groups is 1. The topological polar surface area (TPSA) is 58.6 Å². The number of aliphatic carboxylic acids is 1. The molecule has 0 fully saturated rings. The molecular weight excluding hydrogens is 242 g/mol. The number of methoxy groups -OCH3 is 1. The Morgan fingerprint density at radius 1 is 1.37 bits per heavy atom. The standard InChI is InChI=1S/C15H23NO3/c1-15(2,3)12-5-6-13(19-4)11(9-12)10-16-8-7-14(17)18/h5-6,9,16H,7-8,10H2,1-4H3,(H,17,18). The Kier molecular flexibility index (Phi) is 5.36. The molecule has 0 heterocycles. The molecule has 0 bridgehead atoms. The molecule has 0 aromatic heterocycles. The van der Waals surface area contributed by atoms with Gasteiger partial charge in [0.2, 0.25) is 0 Å². The van der Waals surface area contributed by atoms with Crippen LogP contribution in [0.2, 0.25) is 0 Å². The second kappa shape index (κ2) is 6.57. The van der Waals surface area contributed by atoms with E-state index in [1.54, 1.807) is 7.11 Å². The minimum atomic E-state index is -0.789. The SMILES string of the molecule is COc1ccc(C(C)(C)C)cc1CNCCC(=O)O. The second-order valence-electron chi connectivity index (χ2n) is 5.60. The van der Waals surface area contributed by atoms with E-state index in [4.69, 9.17) is 9.84 Å². The highest BCUT2D eigenvalue weighted by Crippen LogP contribution is 2.27. The summed E-state index contributed by atoms with van der Waals surface area (Å²) in [5.74, 6) is 0.0405. The highest BCUT2D eigenvalue weighted by Gasteiger charge is 2.15. The molecule has 106 valence electrons. The fraction of sp³-hybridized carbons (Fsp3) is 0.533. The molecule has 4 nitrogen and oxygen atoms in total. The third-order valence-electron chi connectivity index (χ3n) is 2.98. The van der Waals surface area contributed by atoms with Crippen LogP contribution in [-0.2, 0) is 16.8 Å². The normalized spacial score (nSPS) is 11.4. The smallest absolute Gasteiger partial charge is 0.304 e. The number of rotatable bonds is 6.